The molecule has 4 heteroatoms. The van der Waals surface area contributed by atoms with Crippen molar-refractivity contribution in [1.29, 1.82) is 0 Å². The summed E-state index contributed by atoms with van der Waals surface area (Å²) in [5.74, 6) is -1.02. The average molecular weight is 259 g/mol. The fourth-order valence-corrected chi connectivity index (χ4v) is 1.99. The Bertz CT molecular complexity index is 533. The Hall–Kier alpha value is -2.07. The molecule has 2 aromatic rings. The first-order valence-electron chi connectivity index (χ1n) is 6.24. The summed E-state index contributed by atoms with van der Waals surface area (Å²) in [4.78, 5) is 10.9. The third-order valence-electron chi connectivity index (χ3n) is 2.97. The lowest BCUT2D eigenvalue weighted by molar-refractivity contribution is 0.0660. The molecule has 1 unspecified atom stereocenters. The van der Waals surface area contributed by atoms with Crippen molar-refractivity contribution in [3.8, 4) is 0 Å². The van der Waals surface area contributed by atoms with Gasteiger partial charge in [0, 0.05) is 18.2 Å². The summed E-state index contributed by atoms with van der Waals surface area (Å²) >= 11 is 0. The molecule has 0 spiro atoms. The van der Waals surface area contributed by atoms with Gasteiger partial charge in [-0.2, -0.15) is 0 Å². The lowest BCUT2D eigenvalue weighted by Crippen LogP contribution is -2.28. The molecule has 0 aliphatic heterocycles. The number of carboxylic acids is 1. The predicted octanol–water partition coefficient (Wildman–Crippen LogP) is 2.70. The molecule has 1 heterocycles. The van der Waals surface area contributed by atoms with Crippen LogP contribution in [0.3, 0.4) is 0 Å². The molecule has 0 aliphatic rings. The van der Waals surface area contributed by atoms with Crippen LogP contribution in [0.2, 0.25) is 0 Å². The molecule has 0 saturated heterocycles. The Morgan fingerprint density at radius 1 is 1.32 bits per heavy atom. The zero-order chi connectivity index (χ0) is 13.7. The number of hydrogen-bond acceptors (Lipinski definition) is 3. The van der Waals surface area contributed by atoms with E-state index >= 15 is 0 Å². The lowest BCUT2D eigenvalue weighted by atomic mass is 10.1. The Morgan fingerprint density at radius 3 is 2.74 bits per heavy atom. The van der Waals surface area contributed by atoms with Crippen LogP contribution in [-0.2, 0) is 13.0 Å². The molecule has 100 valence electrons. The number of benzene rings is 1. The van der Waals surface area contributed by atoms with Crippen molar-refractivity contribution in [2.24, 2.45) is 0 Å². The van der Waals surface area contributed by atoms with Crippen LogP contribution in [0.15, 0.2) is 47.1 Å². The Morgan fingerprint density at radius 2 is 2.05 bits per heavy atom. The van der Waals surface area contributed by atoms with Gasteiger partial charge in [-0.05, 0) is 25.0 Å². The van der Waals surface area contributed by atoms with E-state index in [-0.39, 0.29) is 11.8 Å². The van der Waals surface area contributed by atoms with Gasteiger partial charge in [0.1, 0.15) is 0 Å². The third-order valence-corrected chi connectivity index (χ3v) is 2.97. The SMILES string of the molecule is CC(Cc1ccccc1)NCc1ccoc1C(=O)O. The summed E-state index contributed by atoms with van der Waals surface area (Å²) in [5, 5.41) is 12.2. The van der Waals surface area contributed by atoms with Gasteiger partial charge in [-0.3, -0.25) is 0 Å². The van der Waals surface area contributed by atoms with Gasteiger partial charge in [-0.25, -0.2) is 4.79 Å². The number of aromatic carboxylic acids is 1. The molecule has 2 rings (SSSR count). The van der Waals surface area contributed by atoms with E-state index in [1.807, 2.05) is 18.2 Å². The summed E-state index contributed by atoms with van der Waals surface area (Å²) in [6.45, 7) is 2.57. The van der Waals surface area contributed by atoms with Crippen molar-refractivity contribution >= 4 is 5.97 Å². The van der Waals surface area contributed by atoms with E-state index in [1.165, 1.54) is 11.8 Å². The highest BCUT2D eigenvalue weighted by molar-refractivity contribution is 5.86. The fraction of sp³-hybridized carbons (Fsp3) is 0.267. The molecule has 0 amide bonds. The number of furan rings is 1. The van der Waals surface area contributed by atoms with Crippen molar-refractivity contribution < 1.29 is 14.3 Å². The molecule has 2 N–H and O–H groups in total. The molecule has 0 fully saturated rings. The monoisotopic (exact) mass is 259 g/mol. The topological polar surface area (TPSA) is 62.5 Å². The first-order chi connectivity index (χ1) is 9.16. The van der Waals surface area contributed by atoms with Crippen LogP contribution in [0, 0.1) is 0 Å². The van der Waals surface area contributed by atoms with E-state index < -0.39 is 5.97 Å². The summed E-state index contributed by atoms with van der Waals surface area (Å²) in [6, 6.07) is 12.1. The van der Waals surface area contributed by atoms with Crippen molar-refractivity contribution in [3.63, 3.8) is 0 Å². The Kier molecular flexibility index (Phi) is 4.36. The second kappa shape index (κ2) is 6.20. The van der Waals surface area contributed by atoms with Gasteiger partial charge in [0.25, 0.3) is 0 Å². The molecule has 0 radical (unpaired) electrons. The van der Waals surface area contributed by atoms with E-state index in [0.717, 1.165) is 6.42 Å². The molecule has 0 saturated carbocycles. The first-order valence-corrected chi connectivity index (χ1v) is 6.24. The number of carboxylic acid groups (broad SMARTS) is 1. The molecule has 1 aromatic heterocycles. The molecule has 1 atom stereocenters. The van der Waals surface area contributed by atoms with Crippen molar-refractivity contribution in [2.45, 2.75) is 25.9 Å². The van der Waals surface area contributed by atoms with Gasteiger partial charge in [-0.1, -0.05) is 30.3 Å². The van der Waals surface area contributed by atoms with Gasteiger partial charge < -0.3 is 14.8 Å². The van der Waals surface area contributed by atoms with Crippen molar-refractivity contribution in [3.05, 3.63) is 59.5 Å². The summed E-state index contributed by atoms with van der Waals surface area (Å²) in [7, 11) is 0. The fourth-order valence-electron chi connectivity index (χ4n) is 1.99. The maximum Gasteiger partial charge on any atom is 0.372 e. The molecule has 0 bridgehead atoms. The van der Waals surface area contributed by atoms with Crippen LogP contribution in [0.5, 0.6) is 0 Å². The standard InChI is InChI=1S/C15H17NO3/c1-11(9-12-5-3-2-4-6-12)16-10-13-7-8-19-14(13)15(17)18/h2-8,11,16H,9-10H2,1H3,(H,17,18). The van der Waals surface area contributed by atoms with E-state index in [4.69, 9.17) is 9.52 Å². The Balaban J connectivity index is 1.88. The quantitative estimate of drug-likeness (QED) is 0.837. The van der Waals surface area contributed by atoms with E-state index in [2.05, 4.69) is 24.4 Å². The van der Waals surface area contributed by atoms with Gasteiger partial charge in [0.2, 0.25) is 5.76 Å². The number of carbonyl (C=O) groups is 1. The molecule has 0 aliphatic carbocycles. The van der Waals surface area contributed by atoms with Crippen molar-refractivity contribution in [2.75, 3.05) is 0 Å². The second-order valence-corrected chi connectivity index (χ2v) is 4.55. The summed E-state index contributed by atoms with van der Waals surface area (Å²) in [5.41, 5.74) is 1.93. The predicted molar refractivity (Wildman–Crippen MR) is 72.1 cm³/mol. The molecule has 4 nitrogen and oxygen atoms in total. The summed E-state index contributed by atoms with van der Waals surface area (Å²) in [6.07, 6.45) is 2.31. The van der Waals surface area contributed by atoms with Crippen LogP contribution in [0.1, 0.15) is 28.6 Å². The molecular formula is C15H17NO3. The highest BCUT2D eigenvalue weighted by atomic mass is 16.4. The molecular weight excluding hydrogens is 242 g/mol. The zero-order valence-electron chi connectivity index (χ0n) is 10.8. The largest absolute Gasteiger partial charge is 0.475 e. The van der Waals surface area contributed by atoms with Gasteiger partial charge >= 0.3 is 5.97 Å². The van der Waals surface area contributed by atoms with Crippen LogP contribution >= 0.6 is 0 Å². The van der Waals surface area contributed by atoms with Crippen LogP contribution in [0.25, 0.3) is 0 Å². The van der Waals surface area contributed by atoms with Crippen molar-refractivity contribution in [1.82, 2.24) is 5.32 Å². The van der Waals surface area contributed by atoms with E-state index in [9.17, 15) is 4.79 Å². The smallest absolute Gasteiger partial charge is 0.372 e. The van der Waals surface area contributed by atoms with Crippen LogP contribution < -0.4 is 5.32 Å². The molecule has 1 aromatic carbocycles. The summed E-state index contributed by atoms with van der Waals surface area (Å²) < 4.78 is 4.94. The maximum atomic E-state index is 10.9. The van der Waals surface area contributed by atoms with Crippen LogP contribution in [0.4, 0.5) is 0 Å². The Labute approximate surface area is 112 Å². The lowest BCUT2D eigenvalue weighted by Gasteiger charge is -2.13. The minimum Gasteiger partial charge on any atom is -0.475 e. The minimum atomic E-state index is -1.03. The van der Waals surface area contributed by atoms with Gasteiger partial charge in [0.15, 0.2) is 0 Å². The number of hydrogen-bond donors (Lipinski definition) is 2. The van der Waals surface area contributed by atoms with E-state index in [0.29, 0.717) is 12.1 Å². The number of rotatable bonds is 6. The second-order valence-electron chi connectivity index (χ2n) is 4.55. The minimum absolute atomic E-state index is 0.0133. The highest BCUT2D eigenvalue weighted by Gasteiger charge is 2.14. The van der Waals surface area contributed by atoms with Gasteiger partial charge in [-0.15, -0.1) is 0 Å². The third kappa shape index (κ3) is 3.69. The zero-order valence-corrected chi connectivity index (χ0v) is 10.8. The highest BCUT2D eigenvalue weighted by Crippen LogP contribution is 2.11. The van der Waals surface area contributed by atoms with E-state index in [1.54, 1.807) is 6.07 Å². The van der Waals surface area contributed by atoms with Crippen LogP contribution in [-0.4, -0.2) is 17.1 Å². The maximum absolute atomic E-state index is 10.9. The normalized spacial score (nSPS) is 12.3. The first kappa shape index (κ1) is 13.4. The number of nitrogens with one attached hydrogen (secondary N) is 1. The van der Waals surface area contributed by atoms with Gasteiger partial charge in [0.05, 0.1) is 6.26 Å². The average Bonchev–Trinajstić information content (AvgIpc) is 2.86. The molecule has 19 heavy (non-hydrogen) atoms.